The number of aryl methyl sites for hydroxylation is 1. The Morgan fingerprint density at radius 2 is 2.17 bits per heavy atom. The molecule has 4 heteroatoms. The van der Waals surface area contributed by atoms with E-state index >= 15 is 0 Å². The summed E-state index contributed by atoms with van der Waals surface area (Å²) < 4.78 is 5.31. The first kappa shape index (κ1) is 13.1. The fourth-order valence-corrected chi connectivity index (χ4v) is 2.18. The van der Waals surface area contributed by atoms with Crippen molar-refractivity contribution in [2.75, 3.05) is 0 Å². The molecule has 0 amide bonds. The molecule has 0 radical (unpaired) electrons. The van der Waals surface area contributed by atoms with Crippen molar-refractivity contribution in [1.82, 2.24) is 5.43 Å². The van der Waals surface area contributed by atoms with Gasteiger partial charge in [0, 0.05) is 17.5 Å². The lowest BCUT2D eigenvalue weighted by molar-refractivity contribution is 0.447. The van der Waals surface area contributed by atoms with Crippen LogP contribution < -0.4 is 11.3 Å². The van der Waals surface area contributed by atoms with Crippen molar-refractivity contribution in [1.29, 1.82) is 0 Å². The van der Waals surface area contributed by atoms with E-state index in [1.807, 2.05) is 30.3 Å². The van der Waals surface area contributed by atoms with E-state index in [0.717, 1.165) is 30.0 Å². The molecule has 0 saturated carbocycles. The largest absolute Gasteiger partial charge is 0.469 e. The zero-order valence-electron chi connectivity index (χ0n) is 10.1. The Kier molecular flexibility index (Phi) is 4.81. The monoisotopic (exact) mass is 264 g/mol. The topological polar surface area (TPSA) is 51.2 Å². The fourth-order valence-electron chi connectivity index (χ4n) is 1.96. The smallest absolute Gasteiger partial charge is 0.103 e. The number of benzene rings is 1. The molecule has 1 unspecified atom stereocenters. The van der Waals surface area contributed by atoms with Gasteiger partial charge in [-0.05, 0) is 42.7 Å². The molecule has 2 rings (SSSR count). The van der Waals surface area contributed by atoms with Crippen LogP contribution in [0.1, 0.15) is 17.7 Å². The van der Waals surface area contributed by atoms with Gasteiger partial charge in [0.05, 0.1) is 6.26 Å². The Labute approximate surface area is 112 Å². The molecule has 0 aliphatic rings. The maximum atomic E-state index is 5.96. The van der Waals surface area contributed by atoms with E-state index in [1.54, 1.807) is 6.26 Å². The van der Waals surface area contributed by atoms with Crippen LogP contribution in [0, 0.1) is 0 Å². The fraction of sp³-hybridized carbons (Fsp3) is 0.286. The molecule has 0 bridgehead atoms. The minimum Gasteiger partial charge on any atom is -0.469 e. The van der Waals surface area contributed by atoms with Crippen molar-refractivity contribution in [3.05, 3.63) is 59.0 Å². The third-order valence-electron chi connectivity index (χ3n) is 2.93. The van der Waals surface area contributed by atoms with E-state index in [-0.39, 0.29) is 6.04 Å². The maximum absolute atomic E-state index is 5.96. The zero-order valence-corrected chi connectivity index (χ0v) is 10.9. The van der Waals surface area contributed by atoms with Crippen LogP contribution in [-0.2, 0) is 12.8 Å². The van der Waals surface area contributed by atoms with E-state index in [0.29, 0.717) is 0 Å². The van der Waals surface area contributed by atoms with Gasteiger partial charge in [-0.1, -0.05) is 23.7 Å². The van der Waals surface area contributed by atoms with Crippen LogP contribution in [0.3, 0.4) is 0 Å². The van der Waals surface area contributed by atoms with Crippen molar-refractivity contribution in [3.8, 4) is 0 Å². The van der Waals surface area contributed by atoms with Gasteiger partial charge in [0.15, 0.2) is 0 Å². The highest BCUT2D eigenvalue weighted by Gasteiger charge is 2.09. The molecule has 1 atom stereocenters. The highest BCUT2D eigenvalue weighted by molar-refractivity contribution is 6.30. The predicted octanol–water partition coefficient (Wildman–Crippen LogP) is 2.94. The van der Waals surface area contributed by atoms with Crippen LogP contribution in [-0.4, -0.2) is 6.04 Å². The molecule has 0 aliphatic carbocycles. The first-order valence-corrected chi connectivity index (χ1v) is 6.38. The van der Waals surface area contributed by atoms with Gasteiger partial charge in [0.2, 0.25) is 0 Å². The lowest BCUT2D eigenvalue weighted by atomic mass is 10.0. The van der Waals surface area contributed by atoms with Crippen molar-refractivity contribution in [3.63, 3.8) is 0 Å². The molecule has 0 aliphatic heterocycles. The van der Waals surface area contributed by atoms with Crippen molar-refractivity contribution < 1.29 is 4.42 Å². The molecule has 18 heavy (non-hydrogen) atoms. The summed E-state index contributed by atoms with van der Waals surface area (Å²) in [5.74, 6) is 6.57. The first-order valence-electron chi connectivity index (χ1n) is 6.01. The number of hydrogen-bond acceptors (Lipinski definition) is 3. The minimum absolute atomic E-state index is 0.216. The Balaban J connectivity index is 1.89. The number of furan rings is 1. The van der Waals surface area contributed by atoms with Crippen LogP contribution in [0.4, 0.5) is 0 Å². The Morgan fingerprint density at radius 3 is 2.83 bits per heavy atom. The van der Waals surface area contributed by atoms with E-state index in [4.69, 9.17) is 21.9 Å². The second-order valence-corrected chi connectivity index (χ2v) is 4.75. The molecular weight excluding hydrogens is 248 g/mol. The molecule has 1 aromatic heterocycles. The highest BCUT2D eigenvalue weighted by Crippen LogP contribution is 2.14. The summed E-state index contributed by atoms with van der Waals surface area (Å²) in [6.07, 6.45) is 4.36. The molecule has 3 nitrogen and oxygen atoms in total. The molecular formula is C14H17ClN2O. The number of hydrogen-bond donors (Lipinski definition) is 2. The van der Waals surface area contributed by atoms with Gasteiger partial charge in [0.25, 0.3) is 0 Å². The van der Waals surface area contributed by atoms with Crippen LogP contribution >= 0.6 is 11.6 Å². The third-order valence-corrected chi connectivity index (χ3v) is 3.16. The minimum atomic E-state index is 0.216. The normalized spacial score (nSPS) is 12.6. The van der Waals surface area contributed by atoms with E-state index in [1.165, 1.54) is 5.56 Å². The summed E-state index contributed by atoms with van der Waals surface area (Å²) in [6.45, 7) is 0. The number of hydrazine groups is 1. The standard InChI is InChI=1S/C14H17ClN2O/c15-12-4-1-3-11(9-12)10-13(17-16)6-7-14-5-2-8-18-14/h1-5,8-9,13,17H,6-7,10,16H2. The van der Waals surface area contributed by atoms with Gasteiger partial charge in [-0.3, -0.25) is 11.3 Å². The Morgan fingerprint density at radius 1 is 1.28 bits per heavy atom. The highest BCUT2D eigenvalue weighted by atomic mass is 35.5. The van der Waals surface area contributed by atoms with Crippen LogP contribution in [0.25, 0.3) is 0 Å². The van der Waals surface area contributed by atoms with Gasteiger partial charge in [-0.25, -0.2) is 0 Å². The average Bonchev–Trinajstić information content (AvgIpc) is 2.87. The molecule has 96 valence electrons. The first-order chi connectivity index (χ1) is 8.78. The van der Waals surface area contributed by atoms with Crippen molar-refractivity contribution in [2.24, 2.45) is 5.84 Å². The van der Waals surface area contributed by atoms with Gasteiger partial charge < -0.3 is 4.42 Å². The molecule has 3 N–H and O–H groups in total. The van der Waals surface area contributed by atoms with E-state index < -0.39 is 0 Å². The van der Waals surface area contributed by atoms with Crippen molar-refractivity contribution >= 4 is 11.6 Å². The number of halogens is 1. The van der Waals surface area contributed by atoms with Gasteiger partial charge in [-0.15, -0.1) is 0 Å². The van der Waals surface area contributed by atoms with Crippen molar-refractivity contribution in [2.45, 2.75) is 25.3 Å². The second-order valence-electron chi connectivity index (χ2n) is 4.32. The maximum Gasteiger partial charge on any atom is 0.103 e. The average molecular weight is 265 g/mol. The lowest BCUT2D eigenvalue weighted by Crippen LogP contribution is -2.37. The number of nitrogens with two attached hydrogens (primary N) is 1. The van der Waals surface area contributed by atoms with E-state index in [9.17, 15) is 0 Å². The molecule has 0 fully saturated rings. The predicted molar refractivity (Wildman–Crippen MR) is 73.3 cm³/mol. The second kappa shape index (κ2) is 6.59. The Bertz CT molecular complexity index is 470. The van der Waals surface area contributed by atoms with Crippen LogP contribution in [0.5, 0.6) is 0 Å². The summed E-state index contributed by atoms with van der Waals surface area (Å²) >= 11 is 5.96. The summed E-state index contributed by atoms with van der Waals surface area (Å²) in [5.41, 5.74) is 4.03. The molecule has 0 saturated heterocycles. The van der Waals surface area contributed by atoms with Gasteiger partial charge in [0.1, 0.15) is 5.76 Å². The quantitative estimate of drug-likeness (QED) is 0.623. The van der Waals surface area contributed by atoms with Crippen LogP contribution in [0.15, 0.2) is 47.1 Å². The zero-order chi connectivity index (χ0) is 12.8. The summed E-state index contributed by atoms with van der Waals surface area (Å²) in [7, 11) is 0. The molecule has 2 aromatic rings. The lowest BCUT2D eigenvalue weighted by Gasteiger charge is -2.15. The number of rotatable bonds is 6. The molecule has 0 spiro atoms. The third kappa shape index (κ3) is 3.88. The van der Waals surface area contributed by atoms with E-state index in [2.05, 4.69) is 11.5 Å². The molecule has 1 aromatic carbocycles. The SMILES string of the molecule is NNC(CCc1ccco1)Cc1cccc(Cl)c1. The summed E-state index contributed by atoms with van der Waals surface area (Å²) in [4.78, 5) is 0. The van der Waals surface area contributed by atoms with Crippen LogP contribution in [0.2, 0.25) is 5.02 Å². The number of nitrogens with one attached hydrogen (secondary N) is 1. The van der Waals surface area contributed by atoms with Gasteiger partial charge in [-0.2, -0.15) is 0 Å². The summed E-state index contributed by atoms with van der Waals surface area (Å²) in [5, 5.41) is 0.759. The summed E-state index contributed by atoms with van der Waals surface area (Å²) in [6, 6.07) is 12.0. The molecule has 1 heterocycles. The van der Waals surface area contributed by atoms with Gasteiger partial charge >= 0.3 is 0 Å². The Hall–Kier alpha value is -1.29.